The first-order valence-corrected chi connectivity index (χ1v) is 7.07. The number of carbonyl (C=O) groups is 1. The first-order chi connectivity index (χ1) is 7.20. The van der Waals surface area contributed by atoms with Crippen molar-refractivity contribution in [1.29, 1.82) is 0 Å². The lowest BCUT2D eigenvalue weighted by molar-refractivity contribution is -0.152. The molecule has 0 spiro atoms. The highest BCUT2D eigenvalue weighted by atomic mass is 32.2. The van der Waals surface area contributed by atoms with E-state index in [0.717, 1.165) is 0 Å². The summed E-state index contributed by atoms with van der Waals surface area (Å²) in [6, 6.07) is -0.489. The van der Waals surface area contributed by atoms with Crippen LogP contribution >= 0.6 is 0 Å². The van der Waals surface area contributed by atoms with Crippen LogP contribution in [0.25, 0.3) is 0 Å². The Balaban J connectivity index is 2.79. The number of rotatable bonds is 3. The van der Waals surface area contributed by atoms with Gasteiger partial charge in [-0.05, 0) is 26.2 Å². The molecule has 2 unspecified atom stereocenters. The van der Waals surface area contributed by atoms with E-state index in [0.29, 0.717) is 6.42 Å². The molecule has 1 aliphatic rings. The van der Waals surface area contributed by atoms with Gasteiger partial charge in [-0.2, -0.15) is 0 Å². The van der Waals surface area contributed by atoms with Gasteiger partial charge in [-0.25, -0.2) is 8.42 Å². The van der Waals surface area contributed by atoms with Gasteiger partial charge in [0.2, 0.25) is 0 Å². The van der Waals surface area contributed by atoms with Crippen LogP contribution in [0.4, 0.5) is 0 Å². The van der Waals surface area contributed by atoms with E-state index in [9.17, 15) is 13.2 Å². The van der Waals surface area contributed by atoms with E-state index in [-0.39, 0.29) is 17.4 Å². The molecule has 6 heteroatoms. The van der Waals surface area contributed by atoms with Crippen molar-refractivity contribution in [1.82, 2.24) is 0 Å². The number of ether oxygens (including phenoxy) is 1. The SMILES string of the molecule is COC(=O)C(C)(C)C(N)C1CCS(=O)(=O)C1. The van der Waals surface area contributed by atoms with E-state index in [1.54, 1.807) is 13.8 Å². The Hall–Kier alpha value is -0.620. The third-order valence-electron chi connectivity index (χ3n) is 3.32. The lowest BCUT2D eigenvalue weighted by Gasteiger charge is -2.32. The summed E-state index contributed by atoms with van der Waals surface area (Å²) >= 11 is 0. The highest BCUT2D eigenvalue weighted by molar-refractivity contribution is 7.91. The second-order valence-corrected chi connectivity index (χ2v) is 7.13. The predicted molar refractivity (Wildman–Crippen MR) is 60.5 cm³/mol. The Morgan fingerprint density at radius 3 is 2.44 bits per heavy atom. The van der Waals surface area contributed by atoms with Crippen LogP contribution < -0.4 is 5.73 Å². The van der Waals surface area contributed by atoms with Crippen molar-refractivity contribution in [2.75, 3.05) is 18.6 Å². The van der Waals surface area contributed by atoms with Crippen molar-refractivity contribution in [2.24, 2.45) is 17.1 Å². The number of sulfone groups is 1. The maximum atomic E-state index is 11.5. The second-order valence-electron chi connectivity index (χ2n) is 4.90. The first-order valence-electron chi connectivity index (χ1n) is 5.25. The summed E-state index contributed by atoms with van der Waals surface area (Å²) in [5, 5.41) is 0. The Morgan fingerprint density at radius 2 is 2.06 bits per heavy atom. The van der Waals surface area contributed by atoms with Gasteiger partial charge in [-0.3, -0.25) is 4.79 Å². The maximum absolute atomic E-state index is 11.5. The molecule has 1 fully saturated rings. The molecule has 0 aromatic carbocycles. The molecule has 0 radical (unpaired) electrons. The monoisotopic (exact) mass is 249 g/mol. The zero-order valence-corrected chi connectivity index (χ0v) is 10.7. The van der Waals surface area contributed by atoms with Gasteiger partial charge in [0.05, 0.1) is 24.0 Å². The summed E-state index contributed by atoms with van der Waals surface area (Å²) < 4.78 is 27.4. The normalized spacial score (nSPS) is 26.4. The van der Waals surface area contributed by atoms with E-state index >= 15 is 0 Å². The molecule has 0 amide bonds. The zero-order valence-electron chi connectivity index (χ0n) is 9.89. The number of carbonyl (C=O) groups excluding carboxylic acids is 1. The minimum atomic E-state index is -2.97. The number of hydrogen-bond donors (Lipinski definition) is 1. The number of hydrogen-bond acceptors (Lipinski definition) is 5. The molecule has 94 valence electrons. The molecule has 1 saturated heterocycles. The molecule has 0 saturated carbocycles. The van der Waals surface area contributed by atoms with Gasteiger partial charge < -0.3 is 10.5 Å². The third-order valence-corrected chi connectivity index (χ3v) is 5.11. The Labute approximate surface area is 96.3 Å². The fraction of sp³-hybridized carbons (Fsp3) is 0.900. The molecule has 1 aliphatic heterocycles. The molecule has 2 atom stereocenters. The highest BCUT2D eigenvalue weighted by Gasteiger charge is 2.43. The molecule has 0 aliphatic carbocycles. The molecule has 1 rings (SSSR count). The largest absolute Gasteiger partial charge is 0.469 e. The maximum Gasteiger partial charge on any atom is 0.312 e. The fourth-order valence-electron chi connectivity index (χ4n) is 2.10. The molecule has 16 heavy (non-hydrogen) atoms. The zero-order chi connectivity index (χ0) is 12.6. The Bertz CT molecular complexity index is 374. The van der Waals surface area contributed by atoms with Crippen LogP contribution in [0.3, 0.4) is 0 Å². The van der Waals surface area contributed by atoms with E-state index in [2.05, 4.69) is 4.74 Å². The molecule has 0 aromatic rings. The van der Waals surface area contributed by atoms with Crippen LogP contribution in [0.1, 0.15) is 20.3 Å². The van der Waals surface area contributed by atoms with Crippen molar-refractivity contribution in [2.45, 2.75) is 26.3 Å². The quantitative estimate of drug-likeness (QED) is 0.708. The summed E-state index contributed by atoms with van der Waals surface area (Å²) in [5.41, 5.74) is 5.14. The van der Waals surface area contributed by atoms with Crippen LogP contribution in [-0.2, 0) is 19.4 Å². The van der Waals surface area contributed by atoms with Crippen molar-refractivity contribution >= 4 is 15.8 Å². The predicted octanol–water partition coefficient (Wildman–Crippen LogP) is -0.0524. The van der Waals surface area contributed by atoms with Gasteiger partial charge >= 0.3 is 5.97 Å². The minimum Gasteiger partial charge on any atom is -0.469 e. The van der Waals surface area contributed by atoms with Gasteiger partial charge in [0.25, 0.3) is 0 Å². The molecule has 5 nitrogen and oxygen atoms in total. The average Bonchev–Trinajstić information content (AvgIpc) is 2.56. The Kier molecular flexibility index (Phi) is 3.64. The van der Waals surface area contributed by atoms with E-state index in [1.165, 1.54) is 7.11 Å². The fourth-order valence-corrected chi connectivity index (χ4v) is 3.95. The average molecular weight is 249 g/mol. The van der Waals surface area contributed by atoms with E-state index in [4.69, 9.17) is 5.73 Å². The number of esters is 1. The van der Waals surface area contributed by atoms with Gasteiger partial charge in [-0.1, -0.05) is 0 Å². The molecule has 0 bridgehead atoms. The first kappa shape index (κ1) is 13.4. The lowest BCUT2D eigenvalue weighted by atomic mass is 9.77. The van der Waals surface area contributed by atoms with E-state index in [1.807, 2.05) is 0 Å². The molecule has 2 N–H and O–H groups in total. The molecular formula is C10H19NO4S. The third kappa shape index (κ3) is 2.55. The summed E-state index contributed by atoms with van der Waals surface area (Å²) in [6.07, 6.45) is 0.532. The van der Waals surface area contributed by atoms with Gasteiger partial charge in [-0.15, -0.1) is 0 Å². The van der Waals surface area contributed by atoms with E-state index < -0.39 is 27.3 Å². The van der Waals surface area contributed by atoms with Gasteiger partial charge in [0.15, 0.2) is 9.84 Å². The summed E-state index contributed by atoms with van der Waals surface area (Å²) in [6.45, 7) is 3.38. The standard InChI is InChI=1S/C10H19NO4S/c1-10(2,9(12)15-3)8(11)7-4-5-16(13,14)6-7/h7-8H,4-6,11H2,1-3H3. The highest BCUT2D eigenvalue weighted by Crippen LogP contribution is 2.32. The molecule has 0 aromatic heterocycles. The summed E-state index contributed by atoms with van der Waals surface area (Å²) in [5.74, 6) is -0.305. The summed E-state index contributed by atoms with van der Waals surface area (Å²) in [7, 11) is -1.66. The molecule has 1 heterocycles. The van der Waals surface area contributed by atoms with Crippen molar-refractivity contribution in [3.8, 4) is 0 Å². The Morgan fingerprint density at radius 1 is 1.50 bits per heavy atom. The van der Waals surface area contributed by atoms with Crippen molar-refractivity contribution in [3.05, 3.63) is 0 Å². The molecular weight excluding hydrogens is 230 g/mol. The van der Waals surface area contributed by atoms with Crippen molar-refractivity contribution in [3.63, 3.8) is 0 Å². The minimum absolute atomic E-state index is 0.0780. The smallest absolute Gasteiger partial charge is 0.312 e. The topological polar surface area (TPSA) is 86.5 Å². The van der Waals surface area contributed by atoms with Crippen LogP contribution in [0.5, 0.6) is 0 Å². The summed E-state index contributed by atoms with van der Waals surface area (Å²) in [4.78, 5) is 11.5. The second kappa shape index (κ2) is 4.33. The van der Waals surface area contributed by atoms with Crippen molar-refractivity contribution < 1.29 is 17.9 Å². The van der Waals surface area contributed by atoms with Gasteiger partial charge in [0.1, 0.15) is 0 Å². The lowest BCUT2D eigenvalue weighted by Crippen LogP contribution is -2.48. The van der Waals surface area contributed by atoms with Crippen LogP contribution in [-0.4, -0.2) is 39.0 Å². The van der Waals surface area contributed by atoms with Crippen LogP contribution in [0.15, 0.2) is 0 Å². The van der Waals surface area contributed by atoms with Crippen LogP contribution in [0.2, 0.25) is 0 Å². The van der Waals surface area contributed by atoms with Crippen LogP contribution in [0, 0.1) is 11.3 Å². The van der Waals surface area contributed by atoms with Gasteiger partial charge in [0, 0.05) is 6.04 Å². The number of nitrogens with two attached hydrogens (primary N) is 1. The number of methoxy groups -OCH3 is 1.